The normalized spacial score (nSPS) is 10.2. The summed E-state index contributed by atoms with van der Waals surface area (Å²) in [7, 11) is 0. The molecule has 1 aliphatic heterocycles. The number of hydrogen-bond acceptors (Lipinski definition) is 7. The number of carboxylic acid groups (broad SMARTS) is 3. The topological polar surface area (TPSA) is 185 Å². The van der Waals surface area contributed by atoms with Crippen molar-refractivity contribution in [3.05, 3.63) is 38.0 Å². The number of epoxide rings is 1. The predicted molar refractivity (Wildman–Crippen MR) is 98.3 cm³/mol. The van der Waals surface area contributed by atoms with Crippen molar-refractivity contribution in [2.75, 3.05) is 33.0 Å². The maximum absolute atomic E-state index is 9.25. The van der Waals surface area contributed by atoms with Crippen LogP contribution in [0, 0.1) is 5.41 Å². The Balaban J connectivity index is -0.000000128. The van der Waals surface area contributed by atoms with Crippen LogP contribution in [0.15, 0.2) is 38.0 Å². The molecular formula is C17H30O10. The summed E-state index contributed by atoms with van der Waals surface area (Å²) >= 11 is 0. The lowest BCUT2D eigenvalue weighted by atomic mass is 9.88. The van der Waals surface area contributed by atoms with Crippen LogP contribution in [-0.2, 0) is 19.1 Å². The molecule has 0 aromatic heterocycles. The van der Waals surface area contributed by atoms with Crippen molar-refractivity contribution in [2.24, 2.45) is 5.41 Å². The molecule has 0 unspecified atom stereocenters. The van der Waals surface area contributed by atoms with Gasteiger partial charge in [0.05, 0.1) is 33.0 Å². The molecule has 10 nitrogen and oxygen atoms in total. The highest BCUT2D eigenvalue weighted by Gasteiger charge is 2.24. The van der Waals surface area contributed by atoms with E-state index in [2.05, 4.69) is 24.5 Å². The van der Waals surface area contributed by atoms with E-state index in [1.165, 1.54) is 0 Å². The van der Waals surface area contributed by atoms with Crippen LogP contribution in [0.2, 0.25) is 0 Å². The summed E-state index contributed by atoms with van der Waals surface area (Å²) in [6.07, 6.45) is 3.09. The van der Waals surface area contributed by atoms with Crippen LogP contribution >= 0.6 is 0 Å². The fourth-order valence-corrected chi connectivity index (χ4v) is 0.485. The molecule has 6 N–H and O–H groups in total. The molecule has 0 atom stereocenters. The third-order valence-electron chi connectivity index (χ3n) is 2.48. The highest BCUT2D eigenvalue weighted by Crippen LogP contribution is 2.18. The summed E-state index contributed by atoms with van der Waals surface area (Å²) in [4.78, 5) is 27.8. The zero-order valence-electron chi connectivity index (χ0n) is 15.4. The number of carbonyl (C=O) groups is 3. The molecule has 27 heavy (non-hydrogen) atoms. The van der Waals surface area contributed by atoms with E-state index in [4.69, 9.17) is 30.6 Å². The molecule has 1 heterocycles. The van der Waals surface area contributed by atoms with Crippen LogP contribution in [0.25, 0.3) is 0 Å². The minimum atomic E-state index is -0.981. The SMILES string of the molecule is C1CO1.C=CC(=O)O.C=CC(=O)O.C=CC(=O)O.CCC(CO)(CO)CO. The number of ether oxygens (including phenoxy) is 1. The lowest BCUT2D eigenvalue weighted by molar-refractivity contribution is -0.132. The maximum Gasteiger partial charge on any atom is 0.327 e. The smallest absolute Gasteiger partial charge is 0.327 e. The Morgan fingerprint density at radius 3 is 1.00 bits per heavy atom. The Kier molecular flexibility index (Phi) is 28.0. The molecular weight excluding hydrogens is 364 g/mol. The molecule has 0 bridgehead atoms. The summed E-state index contributed by atoms with van der Waals surface area (Å²) in [6, 6.07) is 0. The van der Waals surface area contributed by atoms with Crippen LogP contribution in [0.3, 0.4) is 0 Å². The Morgan fingerprint density at radius 1 is 0.815 bits per heavy atom. The van der Waals surface area contributed by atoms with Crippen LogP contribution in [0.1, 0.15) is 13.3 Å². The molecule has 1 rings (SSSR count). The Labute approximate surface area is 158 Å². The standard InChI is InChI=1S/C6H14O3.3C3H4O2.C2H4O/c1-2-6(3-7,4-8)5-9;3*1-2-3(4)5;1-2-3-1/h7-9H,2-5H2,1H3;3*2H,1H2,(H,4,5);1-2H2. The van der Waals surface area contributed by atoms with Gasteiger partial charge in [-0.2, -0.15) is 0 Å². The summed E-state index contributed by atoms with van der Waals surface area (Å²) in [5.41, 5.74) is -0.667. The fraction of sp³-hybridized carbons (Fsp3) is 0.471. The van der Waals surface area contributed by atoms with E-state index in [0.717, 1.165) is 31.4 Å². The van der Waals surface area contributed by atoms with Gasteiger partial charge in [-0.05, 0) is 6.42 Å². The number of rotatable bonds is 7. The molecule has 0 spiro atoms. The fourth-order valence-electron chi connectivity index (χ4n) is 0.485. The maximum atomic E-state index is 9.25. The third kappa shape index (κ3) is 39.9. The molecule has 0 amide bonds. The van der Waals surface area contributed by atoms with Gasteiger partial charge in [0.15, 0.2) is 0 Å². The van der Waals surface area contributed by atoms with Gasteiger partial charge in [0.1, 0.15) is 0 Å². The van der Waals surface area contributed by atoms with Gasteiger partial charge in [-0.25, -0.2) is 14.4 Å². The summed E-state index contributed by atoms with van der Waals surface area (Å²) in [6.45, 7) is 12.2. The molecule has 0 aromatic rings. The minimum Gasteiger partial charge on any atom is -0.478 e. The number of aliphatic carboxylic acids is 3. The van der Waals surface area contributed by atoms with Crippen molar-refractivity contribution in [1.82, 2.24) is 0 Å². The number of aliphatic hydroxyl groups is 3. The molecule has 1 aliphatic rings. The lowest BCUT2D eigenvalue weighted by Crippen LogP contribution is -2.32. The van der Waals surface area contributed by atoms with E-state index in [0.29, 0.717) is 6.42 Å². The molecule has 0 aliphatic carbocycles. The van der Waals surface area contributed by atoms with E-state index in [-0.39, 0.29) is 19.8 Å². The Bertz CT molecular complexity index is 362. The first-order chi connectivity index (χ1) is 12.6. The first-order valence-electron chi connectivity index (χ1n) is 7.52. The number of aliphatic hydroxyl groups excluding tert-OH is 3. The summed E-state index contributed by atoms with van der Waals surface area (Å²) < 4.78 is 4.50. The first-order valence-corrected chi connectivity index (χ1v) is 7.52. The first kappa shape index (κ1) is 32.2. The van der Waals surface area contributed by atoms with Crippen LogP contribution in [0.4, 0.5) is 0 Å². The van der Waals surface area contributed by atoms with E-state index in [9.17, 15) is 14.4 Å². The second kappa shape index (κ2) is 23.5. The number of carboxylic acids is 3. The molecule has 0 saturated carbocycles. The minimum absolute atomic E-state index is 0.156. The molecule has 0 radical (unpaired) electrons. The van der Waals surface area contributed by atoms with E-state index in [1.54, 1.807) is 0 Å². The van der Waals surface area contributed by atoms with Gasteiger partial charge in [-0.3, -0.25) is 0 Å². The monoisotopic (exact) mass is 394 g/mol. The second-order valence-corrected chi connectivity index (χ2v) is 4.57. The van der Waals surface area contributed by atoms with Crippen molar-refractivity contribution in [3.8, 4) is 0 Å². The van der Waals surface area contributed by atoms with Crippen molar-refractivity contribution in [3.63, 3.8) is 0 Å². The third-order valence-corrected chi connectivity index (χ3v) is 2.48. The van der Waals surface area contributed by atoms with Crippen LogP contribution < -0.4 is 0 Å². The largest absolute Gasteiger partial charge is 0.478 e. The molecule has 158 valence electrons. The average molecular weight is 394 g/mol. The predicted octanol–water partition coefficient (Wildman–Crippen LogP) is 0.147. The molecule has 10 heteroatoms. The highest BCUT2D eigenvalue weighted by atomic mass is 16.6. The van der Waals surface area contributed by atoms with Gasteiger partial charge in [0.2, 0.25) is 0 Å². The molecule has 1 fully saturated rings. The zero-order chi connectivity index (χ0) is 22.3. The van der Waals surface area contributed by atoms with E-state index < -0.39 is 23.3 Å². The second-order valence-electron chi connectivity index (χ2n) is 4.57. The van der Waals surface area contributed by atoms with Crippen molar-refractivity contribution in [2.45, 2.75) is 13.3 Å². The Hall–Kier alpha value is -2.53. The van der Waals surface area contributed by atoms with Gasteiger partial charge < -0.3 is 35.4 Å². The molecule has 0 aromatic carbocycles. The Morgan fingerprint density at radius 2 is 1.00 bits per heavy atom. The average Bonchev–Trinajstić information content (AvgIpc) is 3.54. The summed E-state index contributed by atoms with van der Waals surface area (Å²) in [5.74, 6) is -2.94. The molecule has 1 saturated heterocycles. The lowest BCUT2D eigenvalue weighted by Gasteiger charge is -2.24. The van der Waals surface area contributed by atoms with Gasteiger partial charge in [0, 0.05) is 23.6 Å². The van der Waals surface area contributed by atoms with Crippen LogP contribution in [0.5, 0.6) is 0 Å². The van der Waals surface area contributed by atoms with E-state index in [1.807, 2.05) is 6.92 Å². The van der Waals surface area contributed by atoms with Gasteiger partial charge in [-0.1, -0.05) is 26.7 Å². The van der Waals surface area contributed by atoms with Crippen LogP contribution in [-0.4, -0.2) is 81.6 Å². The number of hydrogen-bond donors (Lipinski definition) is 6. The van der Waals surface area contributed by atoms with Crippen molar-refractivity contribution in [1.29, 1.82) is 0 Å². The highest BCUT2D eigenvalue weighted by molar-refractivity contribution is 5.79. The van der Waals surface area contributed by atoms with Gasteiger partial charge >= 0.3 is 17.9 Å². The van der Waals surface area contributed by atoms with Gasteiger partial charge in [-0.15, -0.1) is 0 Å². The van der Waals surface area contributed by atoms with Crippen molar-refractivity contribution >= 4 is 17.9 Å². The van der Waals surface area contributed by atoms with Gasteiger partial charge in [0.25, 0.3) is 0 Å². The van der Waals surface area contributed by atoms with Crippen molar-refractivity contribution < 1.29 is 49.8 Å². The van der Waals surface area contributed by atoms with E-state index >= 15 is 0 Å². The summed E-state index contributed by atoms with van der Waals surface area (Å²) in [5, 5.41) is 48.8. The quantitative estimate of drug-likeness (QED) is 0.256. The zero-order valence-corrected chi connectivity index (χ0v) is 15.4.